The summed E-state index contributed by atoms with van der Waals surface area (Å²) < 4.78 is 8.63. The third kappa shape index (κ3) is 1.63. The Labute approximate surface area is 89.0 Å². The maximum atomic E-state index is 2.57. The molecule has 0 fully saturated rings. The molecule has 0 aromatic carbocycles. The Bertz CT molecular complexity index is 405. The van der Waals surface area contributed by atoms with Crippen LogP contribution < -0.4 is 0 Å². The van der Waals surface area contributed by atoms with Crippen LogP contribution >= 0.6 is 0 Å². The van der Waals surface area contributed by atoms with Crippen molar-refractivity contribution in [3.8, 4) is 0 Å². The second-order valence-electron chi connectivity index (χ2n) is 5.33. The Morgan fingerprint density at radius 2 is 1.43 bits per heavy atom. The van der Waals surface area contributed by atoms with Gasteiger partial charge in [-0.25, -0.2) is 0 Å². The molecule has 0 amide bonds. The van der Waals surface area contributed by atoms with Gasteiger partial charge in [-0.15, -0.1) is 0 Å². The first-order valence-electron chi connectivity index (χ1n) is 5.29. The summed E-state index contributed by atoms with van der Waals surface area (Å²) in [5, 5.41) is 0. The van der Waals surface area contributed by atoms with E-state index < -0.39 is 17.4 Å². The predicted molar refractivity (Wildman–Crippen MR) is 64.0 cm³/mol. The fraction of sp³-hybridized carbons (Fsp3) is 0.333. The Hall–Kier alpha value is 0.0600. The number of hydrogen-bond acceptors (Lipinski definition) is 0. The van der Waals surface area contributed by atoms with Crippen LogP contribution in [-0.2, 0) is 17.4 Å². The third-order valence-electron chi connectivity index (χ3n) is 3.60. The number of rotatable bonds is 2. The van der Waals surface area contributed by atoms with Gasteiger partial charge in [0.05, 0.1) is 0 Å². The van der Waals surface area contributed by atoms with E-state index in [4.69, 9.17) is 0 Å². The van der Waals surface area contributed by atoms with Crippen LogP contribution in [0.2, 0.25) is 9.26 Å². The van der Waals surface area contributed by atoms with Crippen LogP contribution in [-0.4, -0.2) is 6.88 Å². The molecule has 0 saturated carbocycles. The zero-order valence-corrected chi connectivity index (χ0v) is 13.0. The third-order valence-corrected chi connectivity index (χ3v) is 20.9. The van der Waals surface area contributed by atoms with Crippen LogP contribution in [0.1, 0.15) is 12.8 Å². The molecule has 74 valence electrons. The average Bonchev–Trinajstić information content (AvgIpc) is 2.78. The molecule has 2 aliphatic rings. The average molecular weight is 282 g/mol. The van der Waals surface area contributed by atoms with Crippen LogP contribution in [0.3, 0.4) is 0 Å². The fourth-order valence-corrected chi connectivity index (χ4v) is 13.3. The van der Waals surface area contributed by atoms with Gasteiger partial charge in [0.1, 0.15) is 0 Å². The molecule has 0 unspecified atom stereocenters. The van der Waals surface area contributed by atoms with E-state index in [1.807, 2.05) is 0 Å². The van der Waals surface area contributed by atoms with Gasteiger partial charge in [0.2, 0.25) is 0 Å². The summed E-state index contributed by atoms with van der Waals surface area (Å²) in [5.41, 5.74) is 0. The summed E-state index contributed by atoms with van der Waals surface area (Å²) in [7, 11) is 0. The van der Waals surface area contributed by atoms with Crippen molar-refractivity contribution < 1.29 is 17.4 Å². The molecule has 0 aliphatic heterocycles. The molecule has 0 spiro atoms. The van der Waals surface area contributed by atoms with E-state index in [1.54, 1.807) is 6.56 Å². The SMILES string of the molecule is [CH3][Zr]([CH3])(=[SiH2])([C]1=CC=CC1)[C]1=CC=CC1. The monoisotopic (exact) mass is 280 g/mol. The summed E-state index contributed by atoms with van der Waals surface area (Å²) in [4.78, 5) is 0. The number of hydrogen-bond donors (Lipinski definition) is 0. The maximum absolute atomic E-state index is 2.62. The van der Waals surface area contributed by atoms with E-state index in [9.17, 15) is 0 Å². The molecular formula is C12H18SiZr. The van der Waals surface area contributed by atoms with Crippen molar-refractivity contribution in [2.24, 2.45) is 0 Å². The quantitative estimate of drug-likeness (QED) is 0.683. The van der Waals surface area contributed by atoms with Gasteiger partial charge < -0.3 is 0 Å². The normalized spacial score (nSPS) is 21.4. The van der Waals surface area contributed by atoms with E-state index in [-0.39, 0.29) is 0 Å². The topological polar surface area (TPSA) is 0 Å². The van der Waals surface area contributed by atoms with Gasteiger partial charge in [0.15, 0.2) is 0 Å². The van der Waals surface area contributed by atoms with E-state index in [2.05, 4.69) is 52.6 Å². The van der Waals surface area contributed by atoms with Gasteiger partial charge in [-0.1, -0.05) is 0 Å². The molecule has 0 aromatic heterocycles. The Morgan fingerprint density at radius 3 is 1.71 bits per heavy atom. The minimum atomic E-state index is -2.62. The van der Waals surface area contributed by atoms with Crippen LogP contribution in [0.15, 0.2) is 43.0 Å². The second-order valence-corrected chi connectivity index (χ2v) is 34.2. The zero-order valence-electron chi connectivity index (χ0n) is 9.09. The molecule has 0 N–H and O–H groups in total. The standard InChI is InChI=1S/2C5H5.2CH3.H2Si.Zr/c2*1-2-4-5-3-1;;;;/h2*1-3H,4H2;2*1H3;1H2;. The zero-order chi connectivity index (χ0) is 10.3. The van der Waals surface area contributed by atoms with Crippen LogP contribution in [0.5, 0.6) is 0 Å². The summed E-state index contributed by atoms with van der Waals surface area (Å²) in [5.74, 6) is 0. The molecule has 2 aliphatic carbocycles. The first kappa shape index (κ1) is 10.6. The van der Waals surface area contributed by atoms with E-state index in [0.29, 0.717) is 0 Å². The molecule has 0 nitrogen and oxygen atoms in total. The van der Waals surface area contributed by atoms with Crippen molar-refractivity contribution in [3.63, 3.8) is 0 Å². The van der Waals surface area contributed by atoms with Crippen LogP contribution in [0, 0.1) is 0 Å². The van der Waals surface area contributed by atoms with Gasteiger partial charge in [-0.05, 0) is 0 Å². The molecule has 0 saturated heterocycles. The first-order valence-corrected chi connectivity index (χ1v) is 18.6. The van der Waals surface area contributed by atoms with Gasteiger partial charge in [0.25, 0.3) is 0 Å². The molecule has 0 atom stereocenters. The first-order chi connectivity index (χ1) is 6.49. The van der Waals surface area contributed by atoms with Crippen LogP contribution in [0.4, 0.5) is 0 Å². The molecule has 14 heavy (non-hydrogen) atoms. The minimum absolute atomic E-state index is 1.21. The Balaban J connectivity index is 2.42. The van der Waals surface area contributed by atoms with E-state index in [1.165, 1.54) is 12.8 Å². The Kier molecular flexibility index (Phi) is 2.48. The van der Waals surface area contributed by atoms with E-state index >= 15 is 0 Å². The van der Waals surface area contributed by atoms with Crippen molar-refractivity contribution in [1.82, 2.24) is 0 Å². The van der Waals surface area contributed by atoms with Crippen LogP contribution in [0.25, 0.3) is 0 Å². The summed E-state index contributed by atoms with van der Waals surface area (Å²) in [6.45, 7) is 2.32. The molecular weight excluding hydrogens is 263 g/mol. The Morgan fingerprint density at radius 1 is 1.00 bits per heavy atom. The van der Waals surface area contributed by atoms with Crippen molar-refractivity contribution >= 4 is 6.88 Å². The van der Waals surface area contributed by atoms with Gasteiger partial charge in [0, 0.05) is 0 Å². The van der Waals surface area contributed by atoms with Gasteiger partial charge in [-0.2, -0.15) is 0 Å². The second kappa shape index (κ2) is 3.28. The summed E-state index contributed by atoms with van der Waals surface area (Å²) in [6.07, 6.45) is 16.2. The molecule has 2 rings (SSSR count). The van der Waals surface area contributed by atoms with E-state index in [0.717, 1.165) is 0 Å². The van der Waals surface area contributed by atoms with Gasteiger partial charge >= 0.3 is 89.4 Å². The molecule has 0 aromatic rings. The molecule has 2 heteroatoms. The predicted octanol–water partition coefficient (Wildman–Crippen LogP) is 3.01. The molecule has 0 bridgehead atoms. The van der Waals surface area contributed by atoms with Crippen molar-refractivity contribution in [2.45, 2.75) is 22.1 Å². The number of allylic oxidation sites excluding steroid dienone is 8. The molecule has 0 heterocycles. The van der Waals surface area contributed by atoms with Crippen molar-refractivity contribution in [1.29, 1.82) is 0 Å². The van der Waals surface area contributed by atoms with Crippen molar-refractivity contribution in [3.05, 3.63) is 43.0 Å². The van der Waals surface area contributed by atoms with Crippen molar-refractivity contribution in [2.75, 3.05) is 0 Å². The van der Waals surface area contributed by atoms with Gasteiger partial charge in [-0.3, -0.25) is 0 Å². The summed E-state index contributed by atoms with van der Waals surface area (Å²) >= 11 is -2.62. The fourth-order valence-electron chi connectivity index (χ4n) is 2.29. The summed E-state index contributed by atoms with van der Waals surface area (Å²) in [6, 6.07) is 0. The molecule has 0 radical (unpaired) electrons.